The Morgan fingerprint density at radius 1 is 1.29 bits per heavy atom. The van der Waals surface area contributed by atoms with Gasteiger partial charge in [-0.05, 0) is 37.0 Å². The predicted molar refractivity (Wildman–Crippen MR) is 57.9 cm³/mol. The number of ether oxygens (including phenoxy) is 1. The summed E-state index contributed by atoms with van der Waals surface area (Å²) in [6.07, 6.45) is -2.07. The highest BCUT2D eigenvalue weighted by atomic mass is 35.5. The first-order valence-electron chi connectivity index (χ1n) is 5.15. The summed E-state index contributed by atoms with van der Waals surface area (Å²) >= 11 is 5.74. The van der Waals surface area contributed by atoms with Crippen molar-refractivity contribution in [1.82, 2.24) is 0 Å². The Morgan fingerprint density at radius 2 is 1.94 bits per heavy atom. The fourth-order valence-corrected chi connectivity index (χ4v) is 2.08. The molecule has 0 spiro atoms. The van der Waals surface area contributed by atoms with Crippen molar-refractivity contribution >= 4 is 11.6 Å². The van der Waals surface area contributed by atoms with Gasteiger partial charge in [0.1, 0.15) is 5.75 Å². The molecule has 0 aromatic heterocycles. The van der Waals surface area contributed by atoms with Gasteiger partial charge in [0.15, 0.2) is 0 Å². The Balaban J connectivity index is 2.23. The zero-order valence-electron chi connectivity index (χ0n) is 8.85. The van der Waals surface area contributed by atoms with Gasteiger partial charge in [0, 0.05) is 5.54 Å². The molecule has 6 heteroatoms. The van der Waals surface area contributed by atoms with Gasteiger partial charge in [-0.15, -0.1) is 13.2 Å². The summed E-state index contributed by atoms with van der Waals surface area (Å²) in [7, 11) is 0. The molecule has 0 aliphatic heterocycles. The molecule has 17 heavy (non-hydrogen) atoms. The van der Waals surface area contributed by atoms with Crippen LogP contribution in [0.1, 0.15) is 24.8 Å². The molecule has 1 saturated carbocycles. The zero-order chi connectivity index (χ0) is 12.7. The molecule has 0 heterocycles. The second-order valence-corrected chi connectivity index (χ2v) is 4.61. The van der Waals surface area contributed by atoms with Crippen molar-refractivity contribution in [2.75, 3.05) is 0 Å². The summed E-state index contributed by atoms with van der Waals surface area (Å²) in [5.74, 6) is -0.397. The summed E-state index contributed by atoms with van der Waals surface area (Å²) in [5, 5.41) is -0.0726. The van der Waals surface area contributed by atoms with Gasteiger partial charge in [-0.2, -0.15) is 0 Å². The Labute approximate surface area is 102 Å². The van der Waals surface area contributed by atoms with E-state index in [1.807, 2.05) is 0 Å². The molecule has 1 aromatic carbocycles. The molecule has 0 bridgehead atoms. The lowest BCUT2D eigenvalue weighted by molar-refractivity contribution is -0.274. The summed E-state index contributed by atoms with van der Waals surface area (Å²) in [6.45, 7) is 0. The molecule has 1 aliphatic rings. The zero-order valence-corrected chi connectivity index (χ0v) is 9.61. The average Bonchev–Trinajstić information content (AvgIpc) is 2.15. The van der Waals surface area contributed by atoms with Crippen molar-refractivity contribution in [3.05, 3.63) is 28.8 Å². The number of benzene rings is 1. The van der Waals surface area contributed by atoms with Gasteiger partial charge < -0.3 is 10.5 Å². The molecule has 2 nitrogen and oxygen atoms in total. The third-order valence-electron chi connectivity index (χ3n) is 2.98. The molecule has 1 fully saturated rings. The standard InChI is InChI=1S/C11H11ClF3NO/c12-8-6-7(10(16)4-1-5-10)2-3-9(8)17-11(13,14)15/h2-3,6H,1,4-5,16H2. The first-order valence-corrected chi connectivity index (χ1v) is 5.53. The smallest absolute Gasteiger partial charge is 0.404 e. The van der Waals surface area contributed by atoms with Crippen molar-refractivity contribution in [3.63, 3.8) is 0 Å². The normalized spacial score (nSPS) is 18.6. The van der Waals surface area contributed by atoms with Crippen molar-refractivity contribution in [3.8, 4) is 5.75 Å². The molecular weight excluding hydrogens is 255 g/mol. The van der Waals surface area contributed by atoms with Crippen molar-refractivity contribution in [1.29, 1.82) is 0 Å². The van der Waals surface area contributed by atoms with E-state index in [1.54, 1.807) is 0 Å². The summed E-state index contributed by atoms with van der Waals surface area (Å²) in [4.78, 5) is 0. The molecule has 1 aliphatic carbocycles. The minimum atomic E-state index is -4.73. The van der Waals surface area contributed by atoms with Gasteiger partial charge in [0.25, 0.3) is 0 Å². The number of hydrogen-bond acceptors (Lipinski definition) is 2. The van der Waals surface area contributed by atoms with Gasteiger partial charge in [-0.1, -0.05) is 17.7 Å². The third-order valence-corrected chi connectivity index (χ3v) is 3.27. The highest BCUT2D eigenvalue weighted by Gasteiger charge is 2.36. The molecule has 2 rings (SSSR count). The molecule has 1 aromatic rings. The van der Waals surface area contributed by atoms with Crippen LogP contribution in [0.15, 0.2) is 18.2 Å². The van der Waals surface area contributed by atoms with Gasteiger partial charge in [-0.25, -0.2) is 0 Å². The average molecular weight is 266 g/mol. The van der Waals surface area contributed by atoms with Crippen LogP contribution in [0.5, 0.6) is 5.75 Å². The molecular formula is C11H11ClF3NO. The number of rotatable bonds is 2. The Bertz CT molecular complexity index is 429. The van der Waals surface area contributed by atoms with Crippen molar-refractivity contribution in [2.45, 2.75) is 31.2 Å². The van der Waals surface area contributed by atoms with E-state index in [0.717, 1.165) is 24.8 Å². The fourth-order valence-electron chi connectivity index (χ4n) is 1.86. The topological polar surface area (TPSA) is 35.2 Å². The molecule has 0 radical (unpaired) electrons. The lowest BCUT2D eigenvalue weighted by atomic mass is 9.73. The second kappa shape index (κ2) is 4.07. The van der Waals surface area contributed by atoms with Gasteiger partial charge in [0.05, 0.1) is 5.02 Å². The minimum absolute atomic E-state index is 0.0726. The van der Waals surface area contributed by atoms with E-state index in [0.29, 0.717) is 0 Å². The monoisotopic (exact) mass is 265 g/mol. The first kappa shape index (κ1) is 12.5. The fraction of sp³-hybridized carbons (Fsp3) is 0.455. The summed E-state index contributed by atoms with van der Waals surface area (Å²) in [5.41, 5.74) is 6.36. The number of alkyl halides is 3. The minimum Gasteiger partial charge on any atom is -0.404 e. The Morgan fingerprint density at radius 3 is 2.35 bits per heavy atom. The van der Waals surface area contributed by atoms with E-state index in [1.165, 1.54) is 18.2 Å². The van der Waals surface area contributed by atoms with Crippen LogP contribution < -0.4 is 10.5 Å². The number of halogens is 4. The summed E-state index contributed by atoms with van der Waals surface area (Å²) in [6, 6.07) is 4.19. The van der Waals surface area contributed by atoms with Crippen LogP contribution in [-0.4, -0.2) is 6.36 Å². The van der Waals surface area contributed by atoms with Gasteiger partial charge in [-0.3, -0.25) is 0 Å². The molecule has 0 saturated heterocycles. The second-order valence-electron chi connectivity index (χ2n) is 4.20. The molecule has 2 N–H and O–H groups in total. The lowest BCUT2D eigenvalue weighted by Crippen LogP contribution is -2.43. The van der Waals surface area contributed by atoms with E-state index < -0.39 is 17.7 Å². The van der Waals surface area contributed by atoms with Crippen LogP contribution in [0.25, 0.3) is 0 Å². The highest BCUT2D eigenvalue weighted by Crippen LogP contribution is 2.41. The maximum absolute atomic E-state index is 12.0. The highest BCUT2D eigenvalue weighted by molar-refractivity contribution is 6.32. The molecule has 0 atom stereocenters. The molecule has 94 valence electrons. The largest absolute Gasteiger partial charge is 0.573 e. The van der Waals surface area contributed by atoms with E-state index in [9.17, 15) is 13.2 Å². The number of hydrogen-bond donors (Lipinski definition) is 1. The molecule has 0 unspecified atom stereocenters. The van der Waals surface area contributed by atoms with Gasteiger partial charge >= 0.3 is 6.36 Å². The predicted octanol–water partition coefficient (Wildman–Crippen LogP) is 3.58. The van der Waals surface area contributed by atoms with Crippen LogP contribution in [0.4, 0.5) is 13.2 Å². The quantitative estimate of drug-likeness (QED) is 0.887. The molecule has 0 amide bonds. The van der Waals surface area contributed by atoms with Crippen LogP contribution in [0, 0.1) is 0 Å². The Kier molecular flexibility index (Phi) is 2.99. The van der Waals surface area contributed by atoms with Crippen LogP contribution >= 0.6 is 11.6 Å². The first-order chi connectivity index (χ1) is 7.80. The van der Waals surface area contributed by atoms with Crippen molar-refractivity contribution < 1.29 is 17.9 Å². The summed E-state index contributed by atoms with van der Waals surface area (Å²) < 4.78 is 39.9. The van der Waals surface area contributed by atoms with E-state index in [2.05, 4.69) is 4.74 Å². The SMILES string of the molecule is NC1(c2ccc(OC(F)(F)F)c(Cl)c2)CCC1. The van der Waals surface area contributed by atoms with Crippen LogP contribution in [0.2, 0.25) is 5.02 Å². The Hall–Kier alpha value is -0.940. The van der Waals surface area contributed by atoms with E-state index in [-0.39, 0.29) is 5.02 Å². The van der Waals surface area contributed by atoms with Crippen molar-refractivity contribution in [2.24, 2.45) is 5.73 Å². The van der Waals surface area contributed by atoms with Crippen LogP contribution in [0.3, 0.4) is 0 Å². The number of nitrogens with two attached hydrogens (primary N) is 1. The van der Waals surface area contributed by atoms with E-state index >= 15 is 0 Å². The van der Waals surface area contributed by atoms with Gasteiger partial charge in [0.2, 0.25) is 0 Å². The lowest BCUT2D eigenvalue weighted by Gasteiger charge is -2.38. The van der Waals surface area contributed by atoms with E-state index in [4.69, 9.17) is 17.3 Å². The van der Waals surface area contributed by atoms with Crippen LogP contribution in [-0.2, 0) is 5.54 Å². The maximum Gasteiger partial charge on any atom is 0.573 e. The third kappa shape index (κ3) is 2.66. The maximum atomic E-state index is 12.0.